The van der Waals surface area contributed by atoms with E-state index in [4.69, 9.17) is 16.3 Å². The molecule has 1 fully saturated rings. The highest BCUT2D eigenvalue weighted by molar-refractivity contribution is 6.40. The maximum absolute atomic E-state index is 11.9. The molecule has 102 valence electrons. The van der Waals surface area contributed by atoms with Crippen molar-refractivity contribution in [2.24, 2.45) is 0 Å². The zero-order valence-electron chi connectivity index (χ0n) is 10.6. The van der Waals surface area contributed by atoms with Crippen molar-refractivity contribution in [2.45, 2.75) is 6.92 Å². The number of carbonyl (C=O) groups is 2. The van der Waals surface area contributed by atoms with Gasteiger partial charge in [-0.15, -0.1) is 0 Å². The van der Waals surface area contributed by atoms with Crippen LogP contribution in [0.5, 0.6) is 0 Å². The van der Waals surface area contributed by atoms with Gasteiger partial charge in [0.15, 0.2) is 0 Å². The van der Waals surface area contributed by atoms with Gasteiger partial charge in [-0.25, -0.2) is 0 Å². The minimum Gasteiger partial charge on any atom is -0.378 e. The van der Waals surface area contributed by atoms with E-state index in [0.717, 1.165) is 5.56 Å². The van der Waals surface area contributed by atoms with E-state index in [1.54, 1.807) is 25.1 Å². The molecule has 2 rings (SSSR count). The number of halogens is 1. The number of ether oxygens (including phenoxy) is 1. The van der Waals surface area contributed by atoms with Crippen molar-refractivity contribution in [3.63, 3.8) is 0 Å². The predicted molar refractivity (Wildman–Crippen MR) is 72.2 cm³/mol. The number of hydrogen-bond acceptors (Lipinski definition) is 3. The van der Waals surface area contributed by atoms with Crippen LogP contribution in [0, 0.1) is 6.92 Å². The van der Waals surface area contributed by atoms with E-state index >= 15 is 0 Å². The lowest BCUT2D eigenvalue weighted by Gasteiger charge is -2.26. The van der Waals surface area contributed by atoms with Crippen molar-refractivity contribution in [1.29, 1.82) is 0 Å². The van der Waals surface area contributed by atoms with E-state index in [1.165, 1.54) is 4.90 Å². The minimum absolute atomic E-state index is 0.445. The second-order valence-corrected chi connectivity index (χ2v) is 4.68. The molecule has 1 heterocycles. The van der Waals surface area contributed by atoms with E-state index in [-0.39, 0.29) is 0 Å². The van der Waals surface area contributed by atoms with Crippen LogP contribution < -0.4 is 5.32 Å². The van der Waals surface area contributed by atoms with Crippen molar-refractivity contribution in [2.75, 3.05) is 31.6 Å². The number of nitrogens with zero attached hydrogens (tertiary/aromatic N) is 1. The molecule has 0 bridgehead atoms. The number of rotatable bonds is 1. The predicted octanol–water partition coefficient (Wildman–Crippen LogP) is 1.45. The first kappa shape index (κ1) is 13.8. The number of amides is 2. The Morgan fingerprint density at radius 3 is 2.68 bits per heavy atom. The number of morpholine rings is 1. The van der Waals surface area contributed by atoms with Gasteiger partial charge >= 0.3 is 11.8 Å². The van der Waals surface area contributed by atoms with Crippen molar-refractivity contribution in [3.05, 3.63) is 28.8 Å². The Morgan fingerprint density at radius 2 is 2.00 bits per heavy atom. The third-order valence-corrected chi connectivity index (χ3v) is 3.42. The van der Waals surface area contributed by atoms with E-state index in [0.29, 0.717) is 37.0 Å². The van der Waals surface area contributed by atoms with Gasteiger partial charge < -0.3 is 15.0 Å². The van der Waals surface area contributed by atoms with Gasteiger partial charge in [-0.05, 0) is 24.6 Å². The average molecular weight is 283 g/mol. The smallest absolute Gasteiger partial charge is 0.313 e. The minimum atomic E-state index is -0.646. The lowest BCUT2D eigenvalue weighted by atomic mass is 10.2. The summed E-state index contributed by atoms with van der Waals surface area (Å²) < 4.78 is 5.14. The Bertz CT molecular complexity index is 499. The Kier molecular flexibility index (Phi) is 4.39. The molecule has 0 saturated carbocycles. The summed E-state index contributed by atoms with van der Waals surface area (Å²) in [5.41, 5.74) is 1.30. The van der Waals surface area contributed by atoms with Gasteiger partial charge in [0.1, 0.15) is 0 Å². The second-order valence-electron chi connectivity index (χ2n) is 4.27. The van der Waals surface area contributed by atoms with Crippen LogP contribution in [0.2, 0.25) is 5.02 Å². The van der Waals surface area contributed by atoms with Gasteiger partial charge in [0.25, 0.3) is 0 Å². The van der Waals surface area contributed by atoms with Gasteiger partial charge in [0, 0.05) is 23.8 Å². The number of carbonyl (C=O) groups excluding carboxylic acids is 2. The molecule has 1 N–H and O–H groups in total. The Balaban J connectivity index is 2.04. The lowest BCUT2D eigenvalue weighted by Crippen LogP contribution is -2.45. The molecule has 0 atom stereocenters. The van der Waals surface area contributed by atoms with Gasteiger partial charge in [-0.3, -0.25) is 9.59 Å². The molecule has 1 saturated heterocycles. The molecule has 0 spiro atoms. The van der Waals surface area contributed by atoms with E-state index in [9.17, 15) is 9.59 Å². The standard InChI is InChI=1S/C13H15ClN2O3/c1-9-10(14)3-2-4-11(9)15-12(17)13(18)16-5-7-19-8-6-16/h2-4H,5-8H2,1H3,(H,15,17). The Labute approximate surface area is 116 Å². The lowest BCUT2D eigenvalue weighted by molar-refractivity contribution is -0.145. The molecule has 0 aromatic heterocycles. The third kappa shape index (κ3) is 3.24. The summed E-state index contributed by atoms with van der Waals surface area (Å²) in [4.78, 5) is 25.3. The highest BCUT2D eigenvalue weighted by Gasteiger charge is 2.24. The molecule has 2 amide bonds. The van der Waals surface area contributed by atoms with Gasteiger partial charge in [0.05, 0.1) is 13.2 Å². The summed E-state index contributed by atoms with van der Waals surface area (Å²) in [6, 6.07) is 5.17. The Hall–Kier alpha value is -1.59. The fraction of sp³-hybridized carbons (Fsp3) is 0.385. The number of nitrogens with one attached hydrogen (secondary N) is 1. The van der Waals surface area contributed by atoms with Gasteiger partial charge in [-0.1, -0.05) is 17.7 Å². The van der Waals surface area contributed by atoms with Crippen molar-refractivity contribution in [3.8, 4) is 0 Å². The van der Waals surface area contributed by atoms with Crippen LogP contribution in [-0.4, -0.2) is 43.0 Å². The van der Waals surface area contributed by atoms with Gasteiger partial charge in [-0.2, -0.15) is 0 Å². The zero-order chi connectivity index (χ0) is 13.8. The fourth-order valence-electron chi connectivity index (χ4n) is 1.83. The molecule has 0 radical (unpaired) electrons. The average Bonchev–Trinajstić information content (AvgIpc) is 2.44. The van der Waals surface area contributed by atoms with Crippen molar-refractivity contribution >= 4 is 29.1 Å². The first-order valence-corrected chi connectivity index (χ1v) is 6.40. The molecule has 0 unspecified atom stereocenters. The van der Waals surface area contributed by atoms with Crippen molar-refractivity contribution < 1.29 is 14.3 Å². The summed E-state index contributed by atoms with van der Waals surface area (Å²) in [5, 5.41) is 3.15. The quantitative estimate of drug-likeness (QED) is 0.793. The molecule has 6 heteroatoms. The third-order valence-electron chi connectivity index (χ3n) is 3.01. The van der Waals surface area contributed by atoms with Crippen LogP contribution in [0.3, 0.4) is 0 Å². The molecular formula is C13H15ClN2O3. The summed E-state index contributed by atoms with van der Waals surface area (Å²) in [5.74, 6) is -1.19. The number of anilines is 1. The molecule has 5 nitrogen and oxygen atoms in total. The maximum Gasteiger partial charge on any atom is 0.313 e. The number of benzene rings is 1. The normalized spacial score (nSPS) is 15.2. The van der Waals surface area contributed by atoms with Crippen LogP contribution in [0.4, 0.5) is 5.69 Å². The second kappa shape index (κ2) is 6.04. The highest BCUT2D eigenvalue weighted by Crippen LogP contribution is 2.22. The van der Waals surface area contributed by atoms with E-state index in [1.807, 2.05) is 0 Å². The molecule has 19 heavy (non-hydrogen) atoms. The van der Waals surface area contributed by atoms with Gasteiger partial charge in [0.2, 0.25) is 0 Å². The number of hydrogen-bond donors (Lipinski definition) is 1. The molecule has 1 aromatic rings. The fourth-order valence-corrected chi connectivity index (χ4v) is 2.00. The highest BCUT2D eigenvalue weighted by atomic mass is 35.5. The van der Waals surface area contributed by atoms with Crippen LogP contribution in [0.15, 0.2) is 18.2 Å². The molecular weight excluding hydrogens is 268 g/mol. The summed E-state index contributed by atoms with van der Waals surface area (Å²) in [6.07, 6.45) is 0. The molecule has 1 aliphatic rings. The summed E-state index contributed by atoms with van der Waals surface area (Å²) >= 11 is 5.96. The summed E-state index contributed by atoms with van der Waals surface area (Å²) in [6.45, 7) is 3.61. The SMILES string of the molecule is Cc1c(Cl)cccc1NC(=O)C(=O)N1CCOCC1. The van der Waals surface area contributed by atoms with Crippen molar-refractivity contribution in [1.82, 2.24) is 4.90 Å². The molecule has 0 aliphatic carbocycles. The zero-order valence-corrected chi connectivity index (χ0v) is 11.4. The van der Waals surface area contributed by atoms with Crippen LogP contribution in [-0.2, 0) is 14.3 Å². The molecule has 1 aromatic carbocycles. The van der Waals surface area contributed by atoms with Crippen LogP contribution >= 0.6 is 11.6 Å². The monoisotopic (exact) mass is 282 g/mol. The van der Waals surface area contributed by atoms with E-state index in [2.05, 4.69) is 5.32 Å². The van der Waals surface area contributed by atoms with Crippen LogP contribution in [0.25, 0.3) is 0 Å². The van der Waals surface area contributed by atoms with E-state index < -0.39 is 11.8 Å². The topological polar surface area (TPSA) is 58.6 Å². The maximum atomic E-state index is 11.9. The first-order valence-electron chi connectivity index (χ1n) is 6.02. The summed E-state index contributed by atoms with van der Waals surface area (Å²) in [7, 11) is 0. The molecule has 1 aliphatic heterocycles. The largest absolute Gasteiger partial charge is 0.378 e. The Morgan fingerprint density at radius 1 is 1.32 bits per heavy atom. The first-order chi connectivity index (χ1) is 9.09. The van der Waals surface area contributed by atoms with Crippen LogP contribution in [0.1, 0.15) is 5.56 Å².